The number of imidazole rings is 1. The summed E-state index contributed by atoms with van der Waals surface area (Å²) in [4.78, 5) is 18.5. The second kappa shape index (κ2) is 4.92. The number of aryl methyl sites for hydroxylation is 1. The number of nitrogens with two attached hydrogens (primary N) is 1. The smallest absolute Gasteiger partial charge is 0.290 e. The van der Waals surface area contributed by atoms with E-state index >= 15 is 0 Å². The minimum absolute atomic E-state index is 0.0132. The predicted molar refractivity (Wildman–Crippen MR) is 65.5 cm³/mol. The molecule has 2 rings (SSSR count). The number of aromatic nitrogens is 3. The number of hydrogen-bond acceptors (Lipinski definition) is 5. The first-order chi connectivity index (χ1) is 8.63. The summed E-state index contributed by atoms with van der Waals surface area (Å²) in [6.45, 7) is 2.17. The highest BCUT2D eigenvalue weighted by molar-refractivity contribution is 5.42. The fraction of sp³-hybridized carbons (Fsp3) is 0.273. The van der Waals surface area contributed by atoms with Crippen LogP contribution in [0.3, 0.4) is 0 Å². The molecule has 0 saturated heterocycles. The SMILES string of the molecule is Cc1cc(-n2ccnc2CCN)ncc1[N+](=O)[O-]. The van der Waals surface area contributed by atoms with Gasteiger partial charge in [0, 0.05) is 24.4 Å². The van der Waals surface area contributed by atoms with Crippen LogP contribution in [-0.2, 0) is 6.42 Å². The Kier molecular flexibility index (Phi) is 3.33. The van der Waals surface area contributed by atoms with E-state index in [0.717, 1.165) is 5.82 Å². The molecule has 0 aliphatic heterocycles. The molecule has 0 radical (unpaired) electrons. The van der Waals surface area contributed by atoms with E-state index in [1.807, 2.05) is 0 Å². The van der Waals surface area contributed by atoms with Crippen LogP contribution in [0.15, 0.2) is 24.7 Å². The van der Waals surface area contributed by atoms with E-state index in [1.165, 1.54) is 6.20 Å². The number of nitrogens with zero attached hydrogens (tertiary/aromatic N) is 4. The maximum absolute atomic E-state index is 10.7. The zero-order chi connectivity index (χ0) is 13.1. The minimum atomic E-state index is -0.444. The first kappa shape index (κ1) is 12.2. The standard InChI is InChI=1S/C11H13N5O2/c1-8-6-11(14-7-9(8)16(17)18)15-5-4-13-10(15)2-3-12/h4-7H,2-3,12H2,1H3. The monoisotopic (exact) mass is 247 g/mol. The molecule has 2 heterocycles. The van der Waals surface area contributed by atoms with Crippen LogP contribution >= 0.6 is 0 Å². The van der Waals surface area contributed by atoms with Gasteiger partial charge in [-0.1, -0.05) is 0 Å². The molecule has 0 amide bonds. The van der Waals surface area contributed by atoms with Gasteiger partial charge in [0.15, 0.2) is 0 Å². The highest BCUT2D eigenvalue weighted by atomic mass is 16.6. The van der Waals surface area contributed by atoms with Gasteiger partial charge in [-0.2, -0.15) is 0 Å². The predicted octanol–water partition coefficient (Wildman–Crippen LogP) is 0.985. The molecule has 18 heavy (non-hydrogen) atoms. The van der Waals surface area contributed by atoms with E-state index < -0.39 is 4.92 Å². The van der Waals surface area contributed by atoms with Gasteiger partial charge in [0.05, 0.1) is 4.92 Å². The molecular formula is C11H13N5O2. The Labute approximate surface area is 103 Å². The molecule has 7 heteroatoms. The molecule has 0 fully saturated rings. The molecule has 0 bridgehead atoms. The molecular weight excluding hydrogens is 234 g/mol. The van der Waals surface area contributed by atoms with E-state index in [4.69, 9.17) is 5.73 Å². The lowest BCUT2D eigenvalue weighted by Crippen LogP contribution is -2.09. The Bertz CT molecular complexity index is 579. The van der Waals surface area contributed by atoms with Crippen molar-refractivity contribution in [2.24, 2.45) is 5.73 Å². The topological polar surface area (TPSA) is 99.9 Å². The molecule has 2 aromatic rings. The van der Waals surface area contributed by atoms with Crippen LogP contribution in [-0.4, -0.2) is 26.0 Å². The van der Waals surface area contributed by atoms with Crippen molar-refractivity contribution in [3.8, 4) is 5.82 Å². The Morgan fingerprint density at radius 1 is 1.50 bits per heavy atom. The van der Waals surface area contributed by atoms with E-state index in [9.17, 15) is 10.1 Å². The molecule has 7 nitrogen and oxygen atoms in total. The van der Waals surface area contributed by atoms with Gasteiger partial charge >= 0.3 is 0 Å². The fourth-order valence-corrected chi connectivity index (χ4v) is 1.71. The van der Waals surface area contributed by atoms with E-state index in [2.05, 4.69) is 9.97 Å². The van der Waals surface area contributed by atoms with Gasteiger partial charge in [-0.15, -0.1) is 0 Å². The average molecular weight is 247 g/mol. The Balaban J connectivity index is 2.42. The summed E-state index contributed by atoms with van der Waals surface area (Å²) in [5.74, 6) is 1.40. The molecule has 0 spiro atoms. The molecule has 0 aromatic carbocycles. The summed E-state index contributed by atoms with van der Waals surface area (Å²) in [5.41, 5.74) is 6.08. The summed E-state index contributed by atoms with van der Waals surface area (Å²) in [6, 6.07) is 1.67. The summed E-state index contributed by atoms with van der Waals surface area (Å²) in [5, 5.41) is 10.7. The number of hydrogen-bond donors (Lipinski definition) is 1. The number of pyridine rings is 1. The number of nitro groups is 1. The molecule has 0 aliphatic carbocycles. The third-order valence-corrected chi connectivity index (χ3v) is 2.60. The molecule has 2 N–H and O–H groups in total. The van der Waals surface area contributed by atoms with E-state index in [-0.39, 0.29) is 5.69 Å². The van der Waals surface area contributed by atoms with Crippen molar-refractivity contribution in [3.05, 3.63) is 46.2 Å². The molecule has 0 atom stereocenters. The first-order valence-corrected chi connectivity index (χ1v) is 5.47. The van der Waals surface area contributed by atoms with Crippen LogP contribution in [0.25, 0.3) is 5.82 Å². The van der Waals surface area contributed by atoms with Crippen LogP contribution in [0.4, 0.5) is 5.69 Å². The van der Waals surface area contributed by atoms with Crippen molar-refractivity contribution in [2.45, 2.75) is 13.3 Å². The lowest BCUT2D eigenvalue weighted by atomic mass is 10.2. The van der Waals surface area contributed by atoms with Gasteiger partial charge < -0.3 is 5.73 Å². The molecule has 2 aromatic heterocycles. The van der Waals surface area contributed by atoms with Gasteiger partial charge in [0.25, 0.3) is 5.69 Å². The van der Waals surface area contributed by atoms with Crippen LogP contribution in [0.1, 0.15) is 11.4 Å². The zero-order valence-corrected chi connectivity index (χ0v) is 9.91. The van der Waals surface area contributed by atoms with Crippen LogP contribution in [0.2, 0.25) is 0 Å². The summed E-state index contributed by atoms with van der Waals surface area (Å²) >= 11 is 0. The quantitative estimate of drug-likeness (QED) is 0.641. The second-order valence-electron chi connectivity index (χ2n) is 3.84. The van der Waals surface area contributed by atoms with Crippen LogP contribution < -0.4 is 5.73 Å². The Morgan fingerprint density at radius 3 is 2.89 bits per heavy atom. The molecule has 0 saturated carbocycles. The lowest BCUT2D eigenvalue weighted by Gasteiger charge is -2.06. The van der Waals surface area contributed by atoms with E-state index in [1.54, 1.807) is 30.0 Å². The normalized spacial score (nSPS) is 10.6. The van der Waals surface area contributed by atoms with Gasteiger partial charge in [0.2, 0.25) is 0 Å². The van der Waals surface area contributed by atoms with Crippen LogP contribution in [0, 0.1) is 17.0 Å². The lowest BCUT2D eigenvalue weighted by molar-refractivity contribution is -0.385. The van der Waals surface area contributed by atoms with Crippen molar-refractivity contribution < 1.29 is 4.92 Å². The second-order valence-corrected chi connectivity index (χ2v) is 3.84. The van der Waals surface area contributed by atoms with Crippen molar-refractivity contribution in [1.29, 1.82) is 0 Å². The van der Waals surface area contributed by atoms with Crippen LogP contribution in [0.5, 0.6) is 0 Å². The molecule has 94 valence electrons. The maximum Gasteiger partial charge on any atom is 0.290 e. The highest BCUT2D eigenvalue weighted by Crippen LogP contribution is 2.19. The average Bonchev–Trinajstić information content (AvgIpc) is 2.77. The summed E-state index contributed by atoms with van der Waals surface area (Å²) in [7, 11) is 0. The van der Waals surface area contributed by atoms with Crippen molar-refractivity contribution in [2.75, 3.05) is 6.54 Å². The third-order valence-electron chi connectivity index (χ3n) is 2.60. The zero-order valence-electron chi connectivity index (χ0n) is 9.91. The number of rotatable bonds is 4. The third kappa shape index (κ3) is 2.21. The Morgan fingerprint density at radius 2 is 2.28 bits per heavy atom. The van der Waals surface area contributed by atoms with Gasteiger partial charge in [0.1, 0.15) is 17.8 Å². The highest BCUT2D eigenvalue weighted by Gasteiger charge is 2.13. The largest absolute Gasteiger partial charge is 0.330 e. The molecule has 0 unspecified atom stereocenters. The van der Waals surface area contributed by atoms with Crippen molar-refractivity contribution in [1.82, 2.24) is 14.5 Å². The maximum atomic E-state index is 10.7. The summed E-state index contributed by atoms with van der Waals surface area (Å²) in [6.07, 6.45) is 5.31. The summed E-state index contributed by atoms with van der Waals surface area (Å²) < 4.78 is 1.78. The molecule has 0 aliphatic rings. The van der Waals surface area contributed by atoms with Crippen molar-refractivity contribution >= 4 is 5.69 Å². The van der Waals surface area contributed by atoms with E-state index in [0.29, 0.717) is 24.3 Å². The van der Waals surface area contributed by atoms with Crippen molar-refractivity contribution in [3.63, 3.8) is 0 Å². The minimum Gasteiger partial charge on any atom is -0.330 e. The van der Waals surface area contributed by atoms with Gasteiger partial charge in [-0.3, -0.25) is 14.7 Å². The first-order valence-electron chi connectivity index (χ1n) is 5.47. The fourth-order valence-electron chi connectivity index (χ4n) is 1.71. The van der Waals surface area contributed by atoms with Gasteiger partial charge in [-0.25, -0.2) is 9.97 Å². The Hall–Kier alpha value is -2.28. The van der Waals surface area contributed by atoms with Gasteiger partial charge in [-0.05, 0) is 19.5 Å².